The van der Waals surface area contributed by atoms with Crippen molar-refractivity contribution in [3.63, 3.8) is 0 Å². The summed E-state index contributed by atoms with van der Waals surface area (Å²) in [5.74, 6) is 0. The summed E-state index contributed by atoms with van der Waals surface area (Å²) in [4.78, 5) is 17.1. The zero-order valence-electron chi connectivity index (χ0n) is 5.66. The molecule has 0 amide bonds. The van der Waals surface area contributed by atoms with E-state index in [-0.39, 0.29) is 0 Å². The molecule has 3 heteroatoms. The van der Waals surface area contributed by atoms with Gasteiger partial charge < -0.3 is 4.98 Å². The van der Waals surface area contributed by atoms with Crippen molar-refractivity contribution < 1.29 is 4.79 Å². The molecule has 0 saturated carbocycles. The summed E-state index contributed by atoms with van der Waals surface area (Å²) in [6.07, 6.45) is 6.79. The highest BCUT2D eigenvalue weighted by molar-refractivity contribution is 5.96. The van der Waals surface area contributed by atoms with E-state index in [0.29, 0.717) is 5.56 Å². The van der Waals surface area contributed by atoms with Crippen LogP contribution in [0.15, 0.2) is 24.7 Å². The highest BCUT2D eigenvalue weighted by Crippen LogP contribution is 2.13. The van der Waals surface area contributed by atoms with Crippen LogP contribution >= 0.6 is 0 Å². The largest absolute Gasteiger partial charge is 0.359 e. The third-order valence-electron chi connectivity index (χ3n) is 1.59. The quantitative estimate of drug-likeness (QED) is 0.651. The Hall–Kier alpha value is -1.64. The molecule has 2 aromatic rings. The van der Waals surface area contributed by atoms with Crippen molar-refractivity contribution in [2.75, 3.05) is 0 Å². The molecule has 0 saturated heterocycles. The number of hydrogen-bond donors (Lipinski definition) is 1. The Kier molecular flexibility index (Phi) is 1.22. The van der Waals surface area contributed by atoms with Crippen molar-refractivity contribution in [3.8, 4) is 0 Å². The Bertz CT molecular complexity index is 392. The first-order valence-corrected chi connectivity index (χ1v) is 3.21. The monoisotopic (exact) mass is 145 g/mol. The SMILES string of the molecule is O=[C]c1c[nH]c2cnccc12. The first kappa shape index (κ1) is 6.09. The van der Waals surface area contributed by atoms with Crippen LogP contribution in [0.4, 0.5) is 0 Å². The van der Waals surface area contributed by atoms with Gasteiger partial charge in [-0.1, -0.05) is 0 Å². The average Bonchev–Trinajstić information content (AvgIpc) is 2.47. The summed E-state index contributed by atoms with van der Waals surface area (Å²) in [6, 6.07) is 1.78. The molecular weight excluding hydrogens is 140 g/mol. The van der Waals surface area contributed by atoms with Gasteiger partial charge in [0.2, 0.25) is 6.29 Å². The molecule has 2 heterocycles. The van der Waals surface area contributed by atoms with Gasteiger partial charge >= 0.3 is 0 Å². The summed E-state index contributed by atoms with van der Waals surface area (Å²) in [5, 5.41) is 0.870. The standard InChI is InChI=1S/C8H5N2O/c11-5-6-3-10-8-4-9-2-1-7(6)8/h1-4,10H. The molecule has 2 aromatic heterocycles. The Labute approximate surface area is 63.1 Å². The Morgan fingerprint density at radius 3 is 3.27 bits per heavy atom. The van der Waals surface area contributed by atoms with Gasteiger partial charge in [0, 0.05) is 17.8 Å². The maximum atomic E-state index is 10.3. The van der Waals surface area contributed by atoms with Crippen molar-refractivity contribution in [1.29, 1.82) is 0 Å². The third kappa shape index (κ3) is 0.816. The normalized spacial score (nSPS) is 10.2. The first-order chi connectivity index (χ1) is 5.42. The molecule has 3 nitrogen and oxygen atoms in total. The van der Waals surface area contributed by atoms with Crippen molar-refractivity contribution in [1.82, 2.24) is 9.97 Å². The van der Waals surface area contributed by atoms with E-state index in [1.165, 1.54) is 0 Å². The van der Waals surface area contributed by atoms with Crippen LogP contribution in [0.3, 0.4) is 0 Å². The van der Waals surface area contributed by atoms with Gasteiger partial charge in [-0.15, -0.1) is 0 Å². The first-order valence-electron chi connectivity index (χ1n) is 3.21. The molecule has 53 valence electrons. The predicted molar refractivity (Wildman–Crippen MR) is 40.9 cm³/mol. The van der Waals surface area contributed by atoms with E-state index >= 15 is 0 Å². The van der Waals surface area contributed by atoms with Gasteiger partial charge in [-0.2, -0.15) is 0 Å². The van der Waals surface area contributed by atoms with E-state index in [4.69, 9.17) is 0 Å². The molecule has 0 aliphatic carbocycles. The Morgan fingerprint density at radius 2 is 2.45 bits per heavy atom. The molecule has 1 N–H and O–H groups in total. The number of carbonyl (C=O) groups excluding carboxylic acids is 1. The lowest BCUT2D eigenvalue weighted by Gasteiger charge is -1.85. The molecule has 1 radical (unpaired) electrons. The summed E-state index contributed by atoms with van der Waals surface area (Å²) in [6.45, 7) is 0. The van der Waals surface area contributed by atoms with E-state index in [9.17, 15) is 4.79 Å². The molecule has 0 unspecified atom stereocenters. The summed E-state index contributed by atoms with van der Waals surface area (Å²) in [7, 11) is 0. The minimum Gasteiger partial charge on any atom is -0.359 e. The second-order valence-corrected chi connectivity index (χ2v) is 2.23. The van der Waals surface area contributed by atoms with Crippen LogP contribution < -0.4 is 0 Å². The lowest BCUT2D eigenvalue weighted by molar-refractivity contribution is 0.563. The molecule has 0 aromatic carbocycles. The lowest BCUT2D eigenvalue weighted by atomic mass is 10.2. The number of pyridine rings is 1. The molecule has 0 aliphatic rings. The van der Waals surface area contributed by atoms with Gasteiger partial charge in [0.05, 0.1) is 17.3 Å². The number of fused-ring (bicyclic) bond motifs is 1. The second kappa shape index (κ2) is 2.20. The average molecular weight is 145 g/mol. The van der Waals surface area contributed by atoms with Gasteiger partial charge in [0.15, 0.2) is 0 Å². The topological polar surface area (TPSA) is 45.8 Å². The molecular formula is C8H5N2O. The van der Waals surface area contributed by atoms with Gasteiger partial charge in [-0.25, -0.2) is 0 Å². The minimum atomic E-state index is 0.558. The van der Waals surface area contributed by atoms with Crippen molar-refractivity contribution in [2.45, 2.75) is 0 Å². The highest BCUT2D eigenvalue weighted by atomic mass is 16.1. The maximum Gasteiger partial charge on any atom is 0.235 e. The van der Waals surface area contributed by atoms with Gasteiger partial charge in [0.25, 0.3) is 0 Å². The molecule has 0 aliphatic heterocycles. The predicted octanol–water partition coefficient (Wildman–Crippen LogP) is 1.02. The fraction of sp³-hybridized carbons (Fsp3) is 0. The van der Waals surface area contributed by atoms with Crippen LogP contribution in [0.1, 0.15) is 5.56 Å². The van der Waals surface area contributed by atoms with Crippen molar-refractivity contribution in [2.24, 2.45) is 0 Å². The summed E-state index contributed by atoms with van der Waals surface area (Å²) in [5.41, 5.74) is 1.42. The zero-order chi connectivity index (χ0) is 7.68. The number of nitrogens with one attached hydrogen (secondary N) is 1. The smallest absolute Gasteiger partial charge is 0.235 e. The maximum absolute atomic E-state index is 10.3. The van der Waals surface area contributed by atoms with E-state index in [1.54, 1.807) is 24.7 Å². The number of hydrogen-bond acceptors (Lipinski definition) is 2. The van der Waals surface area contributed by atoms with E-state index in [0.717, 1.165) is 10.9 Å². The summed E-state index contributed by atoms with van der Waals surface area (Å²) >= 11 is 0. The molecule has 0 bridgehead atoms. The molecule has 0 spiro atoms. The van der Waals surface area contributed by atoms with Crippen LogP contribution in [0.25, 0.3) is 10.9 Å². The number of nitrogens with zero attached hydrogens (tertiary/aromatic N) is 1. The second-order valence-electron chi connectivity index (χ2n) is 2.23. The Morgan fingerprint density at radius 1 is 1.55 bits per heavy atom. The molecule has 11 heavy (non-hydrogen) atoms. The fourth-order valence-electron chi connectivity index (χ4n) is 1.06. The van der Waals surface area contributed by atoms with Gasteiger partial charge in [-0.3, -0.25) is 9.78 Å². The van der Waals surface area contributed by atoms with Crippen LogP contribution in [0.2, 0.25) is 0 Å². The number of rotatable bonds is 1. The van der Waals surface area contributed by atoms with E-state index < -0.39 is 0 Å². The summed E-state index contributed by atoms with van der Waals surface area (Å²) < 4.78 is 0. The van der Waals surface area contributed by atoms with Crippen LogP contribution in [0, 0.1) is 0 Å². The van der Waals surface area contributed by atoms with Crippen molar-refractivity contribution in [3.05, 3.63) is 30.2 Å². The molecule has 0 atom stereocenters. The van der Waals surface area contributed by atoms with Crippen LogP contribution in [0.5, 0.6) is 0 Å². The highest BCUT2D eigenvalue weighted by Gasteiger charge is 2.00. The van der Waals surface area contributed by atoms with E-state index in [2.05, 4.69) is 9.97 Å². The zero-order valence-corrected chi connectivity index (χ0v) is 5.66. The fourth-order valence-corrected chi connectivity index (χ4v) is 1.06. The third-order valence-corrected chi connectivity index (χ3v) is 1.59. The minimum absolute atomic E-state index is 0.558. The number of aromatic nitrogens is 2. The molecule has 2 rings (SSSR count). The Balaban J connectivity index is 2.86. The number of aromatic amines is 1. The van der Waals surface area contributed by atoms with Crippen LogP contribution in [-0.4, -0.2) is 16.3 Å². The van der Waals surface area contributed by atoms with Crippen molar-refractivity contribution >= 4 is 17.2 Å². The molecule has 0 fully saturated rings. The number of H-pyrrole nitrogens is 1. The van der Waals surface area contributed by atoms with Gasteiger partial charge in [0.1, 0.15) is 0 Å². The van der Waals surface area contributed by atoms with E-state index in [1.807, 2.05) is 6.29 Å². The lowest BCUT2D eigenvalue weighted by Crippen LogP contribution is -1.75. The van der Waals surface area contributed by atoms with Gasteiger partial charge in [-0.05, 0) is 6.07 Å². The van der Waals surface area contributed by atoms with Crippen LogP contribution in [-0.2, 0) is 4.79 Å².